The molecular formula is C22H26N2O2. The van der Waals surface area contributed by atoms with Crippen molar-refractivity contribution in [1.82, 2.24) is 4.90 Å². The Kier molecular flexibility index (Phi) is 4.61. The van der Waals surface area contributed by atoms with E-state index in [0.29, 0.717) is 11.1 Å². The molecule has 0 N–H and O–H groups in total. The van der Waals surface area contributed by atoms with Crippen LogP contribution in [0.1, 0.15) is 39.2 Å². The second-order valence-corrected chi connectivity index (χ2v) is 7.37. The van der Waals surface area contributed by atoms with E-state index >= 15 is 0 Å². The molecule has 136 valence electrons. The van der Waals surface area contributed by atoms with E-state index in [2.05, 4.69) is 30.0 Å². The summed E-state index contributed by atoms with van der Waals surface area (Å²) < 4.78 is 0. The van der Waals surface area contributed by atoms with E-state index < -0.39 is 0 Å². The van der Waals surface area contributed by atoms with Gasteiger partial charge in [-0.05, 0) is 42.2 Å². The summed E-state index contributed by atoms with van der Waals surface area (Å²) in [7, 11) is 3.61. The van der Waals surface area contributed by atoms with Crippen LogP contribution in [0.15, 0.2) is 58.8 Å². The number of allylic oxidation sites excluding steroid dienone is 3. The van der Waals surface area contributed by atoms with Crippen molar-refractivity contribution in [1.29, 1.82) is 0 Å². The molecule has 0 fully saturated rings. The summed E-state index contributed by atoms with van der Waals surface area (Å²) in [6.07, 6.45) is 3.89. The number of anilines is 1. The highest BCUT2D eigenvalue weighted by molar-refractivity contribution is 6.16. The lowest BCUT2D eigenvalue weighted by Gasteiger charge is -2.28. The summed E-state index contributed by atoms with van der Waals surface area (Å²) in [4.78, 5) is 28.5. The van der Waals surface area contributed by atoms with Crippen LogP contribution in [0.5, 0.6) is 0 Å². The van der Waals surface area contributed by atoms with Gasteiger partial charge in [-0.25, -0.2) is 0 Å². The van der Waals surface area contributed by atoms with Crippen LogP contribution in [0, 0.1) is 5.92 Å². The van der Waals surface area contributed by atoms with Crippen molar-refractivity contribution < 1.29 is 9.59 Å². The molecule has 0 bridgehead atoms. The molecule has 0 spiro atoms. The lowest BCUT2D eigenvalue weighted by atomic mass is 9.88. The summed E-state index contributed by atoms with van der Waals surface area (Å²) in [6, 6.07) is 8.35. The van der Waals surface area contributed by atoms with Gasteiger partial charge in [0.05, 0.1) is 0 Å². The number of para-hydroxylation sites is 1. The Bertz CT molecular complexity index is 843. The molecule has 2 aliphatic rings. The maximum atomic E-state index is 12.7. The van der Waals surface area contributed by atoms with Crippen molar-refractivity contribution in [3.63, 3.8) is 0 Å². The molecule has 4 nitrogen and oxygen atoms in total. The van der Waals surface area contributed by atoms with Gasteiger partial charge in [-0.15, -0.1) is 0 Å². The normalized spacial score (nSPS) is 23.7. The predicted molar refractivity (Wildman–Crippen MR) is 105 cm³/mol. The molecule has 2 amide bonds. The molecule has 1 atom stereocenters. The largest absolute Gasteiger partial charge is 0.347 e. The van der Waals surface area contributed by atoms with Crippen molar-refractivity contribution in [3.05, 3.63) is 64.4 Å². The lowest BCUT2D eigenvalue weighted by Crippen LogP contribution is -2.41. The maximum Gasteiger partial charge on any atom is 0.260 e. The molecule has 0 aliphatic carbocycles. The van der Waals surface area contributed by atoms with E-state index in [0.717, 1.165) is 11.3 Å². The number of imide groups is 1. The zero-order valence-corrected chi connectivity index (χ0v) is 16.3. The van der Waals surface area contributed by atoms with Gasteiger partial charge in [-0.1, -0.05) is 39.0 Å². The third-order valence-electron chi connectivity index (χ3n) is 5.47. The van der Waals surface area contributed by atoms with Crippen LogP contribution in [-0.2, 0) is 9.59 Å². The standard InChI is InChI=1S/C22H26N2O2/c1-13(2)20-15(4)17(21(25)24(6)22(20)26)11-12-18-14(3)16-9-7-8-10-19(16)23(18)5/h7-14H,1-6H3/b17-11-,18-12+. The van der Waals surface area contributed by atoms with Crippen LogP contribution >= 0.6 is 0 Å². The molecule has 1 unspecified atom stereocenters. The molecule has 2 aliphatic heterocycles. The highest BCUT2D eigenvalue weighted by Gasteiger charge is 2.34. The summed E-state index contributed by atoms with van der Waals surface area (Å²) in [5.74, 6) is -0.0861. The minimum absolute atomic E-state index is 0.0754. The molecule has 3 rings (SSSR count). The highest BCUT2D eigenvalue weighted by Crippen LogP contribution is 2.42. The maximum absolute atomic E-state index is 12.7. The van der Waals surface area contributed by atoms with Gasteiger partial charge in [0, 0.05) is 42.5 Å². The number of benzene rings is 1. The molecule has 1 aromatic carbocycles. The number of carbonyl (C=O) groups excluding carboxylic acids is 2. The smallest absolute Gasteiger partial charge is 0.260 e. The zero-order chi connectivity index (χ0) is 19.2. The van der Waals surface area contributed by atoms with Crippen molar-refractivity contribution in [3.8, 4) is 0 Å². The van der Waals surface area contributed by atoms with Crippen LogP contribution in [0.25, 0.3) is 0 Å². The number of hydrogen-bond acceptors (Lipinski definition) is 3. The topological polar surface area (TPSA) is 40.6 Å². The summed E-state index contributed by atoms with van der Waals surface area (Å²) in [6.45, 7) is 8.02. The van der Waals surface area contributed by atoms with Gasteiger partial charge in [0.2, 0.25) is 0 Å². The monoisotopic (exact) mass is 350 g/mol. The molecule has 0 saturated heterocycles. The van der Waals surface area contributed by atoms with E-state index in [1.54, 1.807) is 7.05 Å². The van der Waals surface area contributed by atoms with Crippen molar-refractivity contribution in [2.75, 3.05) is 19.0 Å². The van der Waals surface area contributed by atoms with Crippen molar-refractivity contribution in [2.45, 2.75) is 33.6 Å². The van der Waals surface area contributed by atoms with E-state index in [9.17, 15) is 9.59 Å². The summed E-state index contributed by atoms with van der Waals surface area (Å²) >= 11 is 0. The van der Waals surface area contributed by atoms with Gasteiger partial charge in [0.1, 0.15) is 0 Å². The Morgan fingerprint density at radius 3 is 2.27 bits per heavy atom. The molecule has 26 heavy (non-hydrogen) atoms. The first-order valence-corrected chi connectivity index (χ1v) is 9.03. The molecule has 2 heterocycles. The van der Waals surface area contributed by atoms with Crippen LogP contribution in [0.3, 0.4) is 0 Å². The van der Waals surface area contributed by atoms with Gasteiger partial charge in [-0.2, -0.15) is 0 Å². The number of carbonyl (C=O) groups is 2. The van der Waals surface area contributed by atoms with E-state index in [4.69, 9.17) is 0 Å². The fraction of sp³-hybridized carbons (Fsp3) is 0.364. The van der Waals surface area contributed by atoms with Crippen LogP contribution in [0.4, 0.5) is 5.69 Å². The molecule has 4 heteroatoms. The van der Waals surface area contributed by atoms with Crippen LogP contribution < -0.4 is 4.90 Å². The van der Waals surface area contributed by atoms with Crippen molar-refractivity contribution in [2.24, 2.45) is 5.92 Å². The average Bonchev–Trinajstić information content (AvgIpc) is 2.84. The van der Waals surface area contributed by atoms with Crippen LogP contribution in [0.2, 0.25) is 0 Å². The number of rotatable bonds is 2. The fourth-order valence-corrected chi connectivity index (χ4v) is 3.97. The first kappa shape index (κ1) is 18.2. The fourth-order valence-electron chi connectivity index (χ4n) is 3.97. The van der Waals surface area contributed by atoms with E-state index in [1.165, 1.54) is 16.2 Å². The third-order valence-corrected chi connectivity index (χ3v) is 5.47. The first-order valence-electron chi connectivity index (χ1n) is 9.03. The van der Waals surface area contributed by atoms with Crippen molar-refractivity contribution >= 4 is 17.5 Å². The molecule has 0 aromatic heterocycles. The Morgan fingerprint density at radius 1 is 1.00 bits per heavy atom. The quantitative estimate of drug-likeness (QED) is 0.597. The second kappa shape index (κ2) is 6.60. The molecular weight excluding hydrogens is 324 g/mol. The second-order valence-electron chi connectivity index (χ2n) is 7.37. The Balaban J connectivity index is 2.06. The Morgan fingerprint density at radius 2 is 1.65 bits per heavy atom. The molecule has 1 aromatic rings. The van der Waals surface area contributed by atoms with Gasteiger partial charge < -0.3 is 4.90 Å². The Labute approximate surface area is 155 Å². The number of nitrogens with zero attached hydrogens (tertiary/aromatic N) is 2. The summed E-state index contributed by atoms with van der Waals surface area (Å²) in [5, 5.41) is 0. The Hall–Kier alpha value is -2.62. The SMILES string of the molecule is CC1=C(C(C)C)C(=O)N(C)C(=O)/C1=C\C=C1/C(C)c2ccccc2N1C. The van der Waals surface area contributed by atoms with Gasteiger partial charge in [0.25, 0.3) is 11.8 Å². The highest BCUT2D eigenvalue weighted by atomic mass is 16.2. The van der Waals surface area contributed by atoms with E-state index in [1.807, 2.05) is 46.0 Å². The lowest BCUT2D eigenvalue weighted by molar-refractivity contribution is -0.139. The zero-order valence-electron chi connectivity index (χ0n) is 16.3. The minimum atomic E-state index is -0.237. The van der Waals surface area contributed by atoms with Gasteiger partial charge in [0.15, 0.2) is 0 Å². The van der Waals surface area contributed by atoms with Crippen LogP contribution in [-0.4, -0.2) is 30.8 Å². The molecule has 0 radical (unpaired) electrons. The molecule has 0 saturated carbocycles. The summed E-state index contributed by atoms with van der Waals surface area (Å²) in [5.41, 5.74) is 5.73. The number of amides is 2. The van der Waals surface area contributed by atoms with Gasteiger partial charge in [-0.3, -0.25) is 14.5 Å². The van der Waals surface area contributed by atoms with Gasteiger partial charge >= 0.3 is 0 Å². The van der Waals surface area contributed by atoms with E-state index in [-0.39, 0.29) is 23.7 Å². The first-order chi connectivity index (χ1) is 12.3. The predicted octanol–water partition coefficient (Wildman–Crippen LogP) is 4.02. The number of likely N-dealkylation sites (N-methyl/N-ethyl adjacent to an activating group) is 2. The third kappa shape index (κ3) is 2.70. The number of hydrogen-bond donors (Lipinski definition) is 0. The number of fused-ring (bicyclic) bond motifs is 1. The average molecular weight is 350 g/mol. The minimum Gasteiger partial charge on any atom is -0.347 e.